The second-order valence-electron chi connectivity index (χ2n) is 4.56. The Kier molecular flexibility index (Phi) is 6.61. The highest BCUT2D eigenvalue weighted by Crippen LogP contribution is 2.30. The molecule has 1 heterocycles. The van der Waals surface area contributed by atoms with E-state index in [-0.39, 0.29) is 24.4 Å². The second-order valence-corrected chi connectivity index (χ2v) is 4.56. The van der Waals surface area contributed by atoms with Crippen LogP contribution in [0.5, 0.6) is 11.5 Å². The minimum absolute atomic E-state index is 0. The molecule has 1 atom stereocenters. The van der Waals surface area contributed by atoms with E-state index in [1.807, 2.05) is 0 Å². The summed E-state index contributed by atoms with van der Waals surface area (Å²) in [6.45, 7) is 1.84. The zero-order valence-corrected chi connectivity index (χ0v) is 12.6. The molecule has 2 N–H and O–H groups in total. The zero-order chi connectivity index (χ0) is 13.7. The molecule has 2 rings (SSSR count). The summed E-state index contributed by atoms with van der Waals surface area (Å²) in [6, 6.07) is 5.48. The van der Waals surface area contributed by atoms with Crippen LogP contribution in [0, 0.1) is 0 Å². The standard InChI is InChI=1S/C14H20N2O3.ClH/c1-18-12-7-3-6-11(13(12)19-2)14(17)16-10-5-4-8-15-9-10;/h3,6-7,10,15H,4-5,8-9H2,1-2H3,(H,16,17);1H/t10-;/m0./s1. The largest absolute Gasteiger partial charge is 0.493 e. The van der Waals surface area contributed by atoms with Crippen LogP contribution >= 0.6 is 12.4 Å². The molecule has 0 unspecified atom stereocenters. The van der Waals surface area contributed by atoms with Crippen LogP contribution in [-0.2, 0) is 0 Å². The minimum Gasteiger partial charge on any atom is -0.493 e. The van der Waals surface area contributed by atoms with Crippen molar-refractivity contribution in [3.05, 3.63) is 23.8 Å². The number of para-hydroxylation sites is 1. The molecule has 1 aliphatic heterocycles. The average Bonchev–Trinajstić information content (AvgIpc) is 2.47. The van der Waals surface area contributed by atoms with Gasteiger partial charge in [0, 0.05) is 12.6 Å². The molecule has 1 aliphatic rings. The van der Waals surface area contributed by atoms with Crippen molar-refractivity contribution in [2.24, 2.45) is 0 Å². The summed E-state index contributed by atoms with van der Waals surface area (Å²) in [4.78, 5) is 12.3. The Morgan fingerprint density at radius 3 is 2.75 bits per heavy atom. The van der Waals surface area contributed by atoms with E-state index in [9.17, 15) is 4.79 Å². The topological polar surface area (TPSA) is 59.6 Å². The van der Waals surface area contributed by atoms with Crippen LogP contribution < -0.4 is 20.1 Å². The molecule has 1 fully saturated rings. The van der Waals surface area contributed by atoms with Gasteiger partial charge in [0.25, 0.3) is 5.91 Å². The van der Waals surface area contributed by atoms with Crippen molar-refractivity contribution in [1.29, 1.82) is 0 Å². The minimum atomic E-state index is -0.121. The highest BCUT2D eigenvalue weighted by molar-refractivity contribution is 5.98. The van der Waals surface area contributed by atoms with Gasteiger partial charge in [-0.2, -0.15) is 0 Å². The number of methoxy groups -OCH3 is 2. The first-order chi connectivity index (χ1) is 9.26. The third kappa shape index (κ3) is 3.77. The third-order valence-electron chi connectivity index (χ3n) is 3.28. The monoisotopic (exact) mass is 300 g/mol. The average molecular weight is 301 g/mol. The molecule has 1 saturated heterocycles. The summed E-state index contributed by atoms with van der Waals surface area (Å²) in [7, 11) is 3.10. The van der Waals surface area contributed by atoms with Crippen LogP contribution in [0.15, 0.2) is 18.2 Å². The van der Waals surface area contributed by atoms with E-state index in [0.29, 0.717) is 17.1 Å². The number of hydrogen-bond donors (Lipinski definition) is 2. The molecule has 0 aromatic heterocycles. The maximum atomic E-state index is 12.3. The fraction of sp³-hybridized carbons (Fsp3) is 0.500. The predicted octanol–water partition coefficient (Wildman–Crippen LogP) is 1.61. The van der Waals surface area contributed by atoms with Crippen molar-refractivity contribution < 1.29 is 14.3 Å². The molecule has 6 heteroatoms. The van der Waals surface area contributed by atoms with Crippen molar-refractivity contribution in [3.8, 4) is 11.5 Å². The Morgan fingerprint density at radius 2 is 2.15 bits per heavy atom. The molecule has 0 radical (unpaired) electrons. The van der Waals surface area contributed by atoms with E-state index in [0.717, 1.165) is 25.9 Å². The van der Waals surface area contributed by atoms with Crippen LogP contribution in [0.2, 0.25) is 0 Å². The highest BCUT2D eigenvalue weighted by atomic mass is 35.5. The van der Waals surface area contributed by atoms with E-state index in [1.54, 1.807) is 25.3 Å². The number of benzene rings is 1. The lowest BCUT2D eigenvalue weighted by atomic mass is 10.1. The lowest BCUT2D eigenvalue weighted by Crippen LogP contribution is -2.45. The number of carbonyl (C=O) groups excluding carboxylic acids is 1. The predicted molar refractivity (Wildman–Crippen MR) is 80.2 cm³/mol. The maximum absolute atomic E-state index is 12.3. The van der Waals surface area contributed by atoms with Crippen LogP contribution in [0.25, 0.3) is 0 Å². The van der Waals surface area contributed by atoms with Gasteiger partial charge >= 0.3 is 0 Å². The fourth-order valence-corrected chi connectivity index (χ4v) is 2.30. The van der Waals surface area contributed by atoms with Crippen molar-refractivity contribution >= 4 is 18.3 Å². The molecule has 0 spiro atoms. The summed E-state index contributed by atoms with van der Waals surface area (Å²) in [5.41, 5.74) is 0.507. The molecule has 112 valence electrons. The normalized spacial score (nSPS) is 17.8. The Morgan fingerprint density at radius 1 is 1.35 bits per heavy atom. The van der Waals surface area contributed by atoms with Crippen molar-refractivity contribution in [1.82, 2.24) is 10.6 Å². The number of hydrogen-bond acceptors (Lipinski definition) is 4. The molecule has 0 bridgehead atoms. The van der Waals surface area contributed by atoms with E-state index in [1.165, 1.54) is 7.11 Å². The third-order valence-corrected chi connectivity index (χ3v) is 3.28. The first-order valence-corrected chi connectivity index (χ1v) is 6.49. The summed E-state index contributed by atoms with van der Waals surface area (Å²) < 4.78 is 10.5. The molecule has 1 amide bonds. The Labute approximate surface area is 125 Å². The Bertz CT molecular complexity index is 448. The van der Waals surface area contributed by atoms with Gasteiger partial charge in [-0.3, -0.25) is 4.79 Å². The lowest BCUT2D eigenvalue weighted by molar-refractivity contribution is 0.0927. The van der Waals surface area contributed by atoms with E-state index < -0.39 is 0 Å². The number of nitrogens with one attached hydrogen (secondary N) is 2. The summed E-state index contributed by atoms with van der Waals surface area (Å²) in [5, 5.41) is 6.30. The van der Waals surface area contributed by atoms with E-state index in [4.69, 9.17) is 9.47 Å². The molecular weight excluding hydrogens is 280 g/mol. The number of ether oxygens (including phenoxy) is 2. The van der Waals surface area contributed by atoms with Gasteiger partial charge in [-0.1, -0.05) is 6.07 Å². The zero-order valence-electron chi connectivity index (χ0n) is 11.8. The van der Waals surface area contributed by atoms with Gasteiger partial charge in [-0.25, -0.2) is 0 Å². The van der Waals surface area contributed by atoms with Crippen LogP contribution in [0.3, 0.4) is 0 Å². The smallest absolute Gasteiger partial charge is 0.255 e. The second kappa shape index (κ2) is 7.97. The first kappa shape index (κ1) is 16.6. The number of amides is 1. The first-order valence-electron chi connectivity index (χ1n) is 6.49. The maximum Gasteiger partial charge on any atom is 0.255 e. The molecule has 1 aromatic rings. The van der Waals surface area contributed by atoms with E-state index in [2.05, 4.69) is 10.6 Å². The fourth-order valence-electron chi connectivity index (χ4n) is 2.30. The quantitative estimate of drug-likeness (QED) is 0.887. The van der Waals surface area contributed by atoms with Gasteiger partial charge in [-0.05, 0) is 31.5 Å². The van der Waals surface area contributed by atoms with Gasteiger partial charge in [0.1, 0.15) is 0 Å². The Hall–Kier alpha value is -1.46. The Balaban J connectivity index is 0.00000200. The van der Waals surface area contributed by atoms with Crippen LogP contribution in [-0.4, -0.2) is 39.3 Å². The van der Waals surface area contributed by atoms with E-state index >= 15 is 0 Å². The molecule has 5 nitrogen and oxygen atoms in total. The van der Waals surface area contributed by atoms with Crippen LogP contribution in [0.4, 0.5) is 0 Å². The van der Waals surface area contributed by atoms with Gasteiger partial charge in [0.2, 0.25) is 0 Å². The number of piperidine rings is 1. The molecule has 20 heavy (non-hydrogen) atoms. The lowest BCUT2D eigenvalue weighted by Gasteiger charge is -2.24. The SMILES string of the molecule is COc1cccc(C(=O)N[C@H]2CCCNC2)c1OC.Cl. The van der Waals surface area contributed by atoms with Gasteiger partial charge in [0.05, 0.1) is 19.8 Å². The molecular formula is C14H21ClN2O3. The molecule has 0 aliphatic carbocycles. The summed E-state index contributed by atoms with van der Waals surface area (Å²) in [6.07, 6.45) is 2.09. The van der Waals surface area contributed by atoms with Crippen molar-refractivity contribution in [2.45, 2.75) is 18.9 Å². The molecule has 1 aromatic carbocycles. The number of rotatable bonds is 4. The van der Waals surface area contributed by atoms with Gasteiger partial charge < -0.3 is 20.1 Å². The van der Waals surface area contributed by atoms with Gasteiger partial charge in [-0.15, -0.1) is 12.4 Å². The number of halogens is 1. The summed E-state index contributed by atoms with van der Waals surface area (Å²) in [5.74, 6) is 0.924. The van der Waals surface area contributed by atoms with Crippen molar-refractivity contribution in [3.63, 3.8) is 0 Å². The van der Waals surface area contributed by atoms with Gasteiger partial charge in [0.15, 0.2) is 11.5 Å². The molecule has 0 saturated carbocycles. The van der Waals surface area contributed by atoms with Crippen molar-refractivity contribution in [2.75, 3.05) is 27.3 Å². The highest BCUT2D eigenvalue weighted by Gasteiger charge is 2.20. The van der Waals surface area contributed by atoms with Crippen LogP contribution in [0.1, 0.15) is 23.2 Å². The summed E-state index contributed by atoms with van der Waals surface area (Å²) >= 11 is 0. The number of carbonyl (C=O) groups is 1.